The van der Waals surface area contributed by atoms with Crippen LogP contribution < -0.4 is 11.1 Å². The first-order valence-electron chi connectivity index (χ1n) is 9.19. The van der Waals surface area contributed by atoms with Gasteiger partial charge in [-0.25, -0.2) is 9.78 Å². The summed E-state index contributed by atoms with van der Waals surface area (Å²) in [5.41, 5.74) is 5.37. The van der Waals surface area contributed by atoms with Crippen molar-refractivity contribution in [1.82, 2.24) is 9.88 Å². The summed E-state index contributed by atoms with van der Waals surface area (Å²) in [5.74, 6) is 0. The Hall–Kier alpha value is -3.00. The van der Waals surface area contributed by atoms with E-state index in [9.17, 15) is 18.0 Å². The molecule has 0 spiro atoms. The van der Waals surface area contributed by atoms with Gasteiger partial charge in [0, 0.05) is 41.1 Å². The van der Waals surface area contributed by atoms with E-state index in [4.69, 9.17) is 17.3 Å². The predicted octanol–water partition coefficient (Wildman–Crippen LogP) is 4.65. The average molecular weight is 435 g/mol. The van der Waals surface area contributed by atoms with Crippen LogP contribution in [-0.4, -0.2) is 35.5 Å². The number of amides is 2. The second-order valence-corrected chi connectivity index (χ2v) is 7.84. The Kier molecular flexibility index (Phi) is 4.97. The van der Waals surface area contributed by atoms with E-state index in [1.165, 1.54) is 17.0 Å². The number of nitrogens with zero attached hydrogens (tertiary/aromatic N) is 2. The van der Waals surface area contributed by atoms with Gasteiger partial charge >= 0.3 is 12.2 Å². The molecule has 9 heteroatoms. The van der Waals surface area contributed by atoms with Gasteiger partial charge in [0.2, 0.25) is 0 Å². The number of hydrogen-bond donors (Lipinski definition) is 2. The Bertz CT molecular complexity index is 1100. The van der Waals surface area contributed by atoms with E-state index < -0.39 is 23.3 Å². The Morgan fingerprint density at radius 3 is 2.50 bits per heavy atom. The zero-order valence-electron chi connectivity index (χ0n) is 15.7. The number of alkyl halides is 3. The third-order valence-electron chi connectivity index (χ3n) is 5.36. The van der Waals surface area contributed by atoms with Crippen LogP contribution >= 0.6 is 11.6 Å². The molecule has 156 valence electrons. The summed E-state index contributed by atoms with van der Waals surface area (Å²) in [5, 5.41) is 4.04. The maximum absolute atomic E-state index is 13.4. The van der Waals surface area contributed by atoms with E-state index in [2.05, 4.69) is 10.3 Å². The number of pyridine rings is 1. The zero-order valence-corrected chi connectivity index (χ0v) is 16.5. The molecule has 1 fully saturated rings. The van der Waals surface area contributed by atoms with Gasteiger partial charge in [0.25, 0.3) is 0 Å². The first kappa shape index (κ1) is 20.3. The quantitative estimate of drug-likeness (QED) is 0.627. The molecular weight excluding hydrogens is 417 g/mol. The van der Waals surface area contributed by atoms with Crippen molar-refractivity contribution in [3.63, 3.8) is 0 Å². The molecule has 1 aliphatic rings. The van der Waals surface area contributed by atoms with Gasteiger partial charge in [-0.3, -0.25) is 0 Å². The smallest absolute Gasteiger partial charge is 0.383 e. The third-order valence-corrected chi connectivity index (χ3v) is 5.60. The number of carbonyl (C=O) groups excluding carboxylic acids is 1. The lowest BCUT2D eigenvalue weighted by Gasteiger charge is -2.50. The topological polar surface area (TPSA) is 71.2 Å². The fourth-order valence-electron chi connectivity index (χ4n) is 3.78. The fourth-order valence-corrected chi connectivity index (χ4v) is 3.95. The summed E-state index contributed by atoms with van der Waals surface area (Å²) < 4.78 is 40.1. The molecule has 0 saturated carbocycles. The number of benzene rings is 2. The molecular formula is C21H18ClF3N4O. The lowest BCUT2D eigenvalue weighted by molar-refractivity contribution is -0.140. The van der Waals surface area contributed by atoms with E-state index >= 15 is 0 Å². The van der Waals surface area contributed by atoms with Crippen molar-refractivity contribution in [3.05, 3.63) is 70.9 Å². The van der Waals surface area contributed by atoms with Crippen LogP contribution in [0, 0.1) is 0 Å². The fraction of sp³-hybridized carbons (Fsp3) is 0.238. The van der Waals surface area contributed by atoms with Crippen molar-refractivity contribution >= 4 is 34.2 Å². The highest BCUT2D eigenvalue weighted by Gasteiger charge is 2.46. The third kappa shape index (κ3) is 3.75. The van der Waals surface area contributed by atoms with Gasteiger partial charge in [0.1, 0.15) is 5.69 Å². The van der Waals surface area contributed by atoms with Gasteiger partial charge in [-0.2, -0.15) is 13.2 Å². The first-order valence-corrected chi connectivity index (χ1v) is 9.57. The molecule has 5 nitrogen and oxygen atoms in total. The number of likely N-dealkylation sites (tertiary alicyclic amines) is 1. The van der Waals surface area contributed by atoms with E-state index in [0.717, 1.165) is 11.6 Å². The maximum Gasteiger partial charge on any atom is 0.433 e. The van der Waals surface area contributed by atoms with Gasteiger partial charge in [-0.05, 0) is 29.8 Å². The molecule has 0 atom stereocenters. The maximum atomic E-state index is 13.4. The number of rotatable bonds is 4. The van der Waals surface area contributed by atoms with E-state index in [0.29, 0.717) is 30.0 Å². The molecule has 1 saturated heterocycles. The molecule has 3 aromatic rings. The summed E-state index contributed by atoms with van der Waals surface area (Å²) in [7, 11) is 0. The minimum Gasteiger partial charge on any atom is -0.383 e. The number of aromatic nitrogens is 1. The number of halogens is 4. The van der Waals surface area contributed by atoms with Gasteiger partial charge in [-0.15, -0.1) is 0 Å². The highest BCUT2D eigenvalue weighted by Crippen LogP contribution is 2.37. The molecule has 1 aliphatic heterocycles. The standard InChI is InChI=1S/C21H18ClF3N4O/c22-14-6-7-16-15(8-14)17(9-18(28-16)21(23,24)25)27-10-20(11-29(12-20)19(26)30)13-4-2-1-3-5-13/h1-9H,10-12H2,(H2,26,30)(H,27,28). The van der Waals surface area contributed by atoms with Crippen LogP contribution in [0.3, 0.4) is 0 Å². The van der Waals surface area contributed by atoms with Crippen LogP contribution in [-0.2, 0) is 11.6 Å². The molecule has 30 heavy (non-hydrogen) atoms. The number of primary amides is 1. The van der Waals surface area contributed by atoms with Crippen molar-refractivity contribution in [1.29, 1.82) is 0 Å². The number of carbonyl (C=O) groups is 1. The molecule has 1 aromatic heterocycles. The second-order valence-electron chi connectivity index (χ2n) is 7.41. The van der Waals surface area contributed by atoms with E-state index in [-0.39, 0.29) is 11.2 Å². The summed E-state index contributed by atoms with van der Waals surface area (Å²) in [6.07, 6.45) is -4.58. The van der Waals surface area contributed by atoms with E-state index in [1.54, 1.807) is 6.07 Å². The number of urea groups is 1. The Balaban J connectivity index is 1.70. The van der Waals surface area contributed by atoms with E-state index in [1.807, 2.05) is 30.3 Å². The number of hydrogen-bond acceptors (Lipinski definition) is 3. The monoisotopic (exact) mass is 434 g/mol. The van der Waals surface area contributed by atoms with Gasteiger partial charge < -0.3 is 16.0 Å². The van der Waals surface area contributed by atoms with Crippen LogP contribution in [0.1, 0.15) is 11.3 Å². The van der Waals surface area contributed by atoms with Crippen LogP contribution in [0.25, 0.3) is 10.9 Å². The second kappa shape index (κ2) is 7.36. The normalized spacial score (nSPS) is 15.7. The Labute approximate surface area is 175 Å². The summed E-state index contributed by atoms with van der Waals surface area (Å²) >= 11 is 6.06. The molecule has 2 aromatic carbocycles. The van der Waals surface area contributed by atoms with Gasteiger partial charge in [-0.1, -0.05) is 41.9 Å². The minimum atomic E-state index is -4.58. The molecule has 0 radical (unpaired) electrons. The lowest BCUT2D eigenvalue weighted by Crippen LogP contribution is -2.65. The van der Waals surface area contributed by atoms with Crippen molar-refractivity contribution in [2.24, 2.45) is 5.73 Å². The largest absolute Gasteiger partial charge is 0.433 e. The highest BCUT2D eigenvalue weighted by molar-refractivity contribution is 6.31. The molecule has 2 amide bonds. The molecule has 4 rings (SSSR count). The molecule has 3 N–H and O–H groups in total. The Morgan fingerprint density at radius 2 is 1.87 bits per heavy atom. The van der Waals surface area contributed by atoms with Crippen molar-refractivity contribution in [2.75, 3.05) is 25.0 Å². The van der Waals surface area contributed by atoms with Gasteiger partial charge in [0.05, 0.1) is 5.52 Å². The Morgan fingerprint density at radius 1 is 1.17 bits per heavy atom. The molecule has 0 aliphatic carbocycles. The average Bonchev–Trinajstić information content (AvgIpc) is 2.66. The summed E-state index contributed by atoms with van der Waals surface area (Å²) in [6, 6.07) is 14.5. The highest BCUT2D eigenvalue weighted by atomic mass is 35.5. The van der Waals surface area contributed by atoms with Crippen LogP contribution in [0.15, 0.2) is 54.6 Å². The van der Waals surface area contributed by atoms with Crippen LogP contribution in [0.2, 0.25) is 5.02 Å². The van der Waals surface area contributed by atoms with Gasteiger partial charge in [0.15, 0.2) is 0 Å². The molecule has 0 unspecified atom stereocenters. The van der Waals surface area contributed by atoms with Crippen LogP contribution in [0.4, 0.5) is 23.7 Å². The number of anilines is 1. The number of nitrogens with one attached hydrogen (secondary N) is 1. The van der Waals surface area contributed by atoms with Crippen molar-refractivity contribution < 1.29 is 18.0 Å². The SMILES string of the molecule is NC(=O)N1CC(CNc2cc(C(F)(F)F)nc3ccc(Cl)cc23)(c2ccccc2)C1. The predicted molar refractivity (Wildman–Crippen MR) is 110 cm³/mol. The van der Waals surface area contributed by atoms with Crippen molar-refractivity contribution in [3.8, 4) is 0 Å². The summed E-state index contributed by atoms with van der Waals surface area (Å²) in [6.45, 7) is 1.05. The van der Waals surface area contributed by atoms with Crippen molar-refractivity contribution in [2.45, 2.75) is 11.6 Å². The summed E-state index contributed by atoms with van der Waals surface area (Å²) in [4.78, 5) is 16.7. The molecule has 2 heterocycles. The zero-order chi connectivity index (χ0) is 21.5. The first-order chi connectivity index (χ1) is 14.2. The minimum absolute atomic E-state index is 0.192. The van der Waals surface area contributed by atoms with Crippen LogP contribution in [0.5, 0.6) is 0 Å². The molecule has 0 bridgehead atoms. The number of nitrogens with two attached hydrogens (primary N) is 1. The lowest BCUT2D eigenvalue weighted by atomic mass is 9.73. The number of fused-ring (bicyclic) bond motifs is 1.